The van der Waals surface area contributed by atoms with Gasteiger partial charge >= 0.3 is 0 Å². The van der Waals surface area contributed by atoms with Gasteiger partial charge in [0.1, 0.15) is 11.5 Å². The van der Waals surface area contributed by atoms with Gasteiger partial charge < -0.3 is 15.2 Å². The Morgan fingerprint density at radius 2 is 2.13 bits per heavy atom. The number of hydrogen-bond donors (Lipinski definition) is 1. The monoisotopic (exact) mass is 209 g/mol. The van der Waals surface area contributed by atoms with Crippen LogP contribution in [0.5, 0.6) is 11.5 Å². The lowest BCUT2D eigenvalue weighted by Gasteiger charge is -2.16. The molecule has 2 N–H and O–H groups in total. The molecule has 0 spiro atoms. The summed E-state index contributed by atoms with van der Waals surface area (Å²) in [6, 6.07) is 5.72. The molecule has 0 radical (unpaired) electrons. The van der Waals surface area contributed by atoms with Crippen molar-refractivity contribution in [2.24, 2.45) is 5.73 Å². The first kappa shape index (κ1) is 11.9. The van der Waals surface area contributed by atoms with Gasteiger partial charge in [-0.2, -0.15) is 0 Å². The van der Waals surface area contributed by atoms with Crippen LogP contribution in [-0.2, 0) is 6.54 Å². The number of rotatable bonds is 5. The summed E-state index contributed by atoms with van der Waals surface area (Å²) in [5.74, 6) is 1.62. The van der Waals surface area contributed by atoms with Gasteiger partial charge in [0, 0.05) is 18.2 Å². The highest BCUT2D eigenvalue weighted by Gasteiger charge is 2.07. The Balaban J connectivity index is 2.90. The fraction of sp³-hybridized carbons (Fsp3) is 0.500. The summed E-state index contributed by atoms with van der Waals surface area (Å²) in [5, 5.41) is 0. The second kappa shape index (κ2) is 5.61. The van der Waals surface area contributed by atoms with Gasteiger partial charge in [-0.15, -0.1) is 0 Å². The molecule has 1 aromatic rings. The predicted molar refractivity (Wildman–Crippen MR) is 61.3 cm³/mol. The fourth-order valence-corrected chi connectivity index (χ4v) is 1.24. The molecule has 0 heterocycles. The number of ether oxygens (including phenoxy) is 2. The Morgan fingerprint density at radius 1 is 1.40 bits per heavy atom. The Hall–Kier alpha value is -1.22. The van der Waals surface area contributed by atoms with Gasteiger partial charge in [-0.3, -0.25) is 0 Å². The zero-order valence-corrected chi connectivity index (χ0v) is 9.62. The Labute approximate surface area is 91.2 Å². The molecule has 0 fully saturated rings. The van der Waals surface area contributed by atoms with Crippen LogP contribution in [0.25, 0.3) is 0 Å². The van der Waals surface area contributed by atoms with Gasteiger partial charge in [0.2, 0.25) is 0 Å². The van der Waals surface area contributed by atoms with Gasteiger partial charge in [-0.05, 0) is 19.4 Å². The van der Waals surface area contributed by atoms with Gasteiger partial charge in [0.05, 0.1) is 13.2 Å². The number of nitrogens with two attached hydrogens (primary N) is 1. The summed E-state index contributed by atoms with van der Waals surface area (Å²) >= 11 is 0. The van der Waals surface area contributed by atoms with Crippen LogP contribution >= 0.6 is 0 Å². The van der Waals surface area contributed by atoms with Crippen molar-refractivity contribution < 1.29 is 9.47 Å². The van der Waals surface area contributed by atoms with Crippen LogP contribution in [-0.4, -0.2) is 13.2 Å². The highest BCUT2D eigenvalue weighted by atomic mass is 16.5. The van der Waals surface area contributed by atoms with Crippen LogP contribution in [0.1, 0.15) is 25.8 Å². The van der Waals surface area contributed by atoms with E-state index in [0.29, 0.717) is 6.54 Å². The molecule has 0 aliphatic heterocycles. The van der Waals surface area contributed by atoms with E-state index in [4.69, 9.17) is 15.2 Å². The number of methoxy groups -OCH3 is 1. The van der Waals surface area contributed by atoms with E-state index in [1.165, 1.54) is 0 Å². The lowest BCUT2D eigenvalue weighted by atomic mass is 10.2. The standard InChI is InChI=1S/C12H19NO2/c1-4-9(2)15-12-7-11(14-3)6-5-10(12)8-13/h5-7,9H,4,8,13H2,1-3H3. The quantitative estimate of drug-likeness (QED) is 0.809. The first-order valence-electron chi connectivity index (χ1n) is 5.24. The molecule has 1 unspecified atom stereocenters. The van der Waals surface area contributed by atoms with Crippen molar-refractivity contribution in [2.45, 2.75) is 32.9 Å². The lowest BCUT2D eigenvalue weighted by molar-refractivity contribution is 0.214. The molecule has 0 aliphatic rings. The van der Waals surface area contributed by atoms with Crippen LogP contribution in [0.3, 0.4) is 0 Å². The van der Waals surface area contributed by atoms with E-state index in [1.54, 1.807) is 7.11 Å². The van der Waals surface area contributed by atoms with E-state index in [2.05, 4.69) is 6.92 Å². The first-order chi connectivity index (χ1) is 7.21. The van der Waals surface area contributed by atoms with Crippen LogP contribution in [0.15, 0.2) is 18.2 Å². The molecule has 0 bridgehead atoms. The van der Waals surface area contributed by atoms with E-state index < -0.39 is 0 Å². The molecule has 3 heteroatoms. The van der Waals surface area contributed by atoms with Crippen LogP contribution < -0.4 is 15.2 Å². The van der Waals surface area contributed by atoms with Crippen molar-refractivity contribution in [1.29, 1.82) is 0 Å². The molecule has 3 nitrogen and oxygen atoms in total. The predicted octanol–water partition coefficient (Wildman–Crippen LogP) is 2.33. The summed E-state index contributed by atoms with van der Waals surface area (Å²) in [4.78, 5) is 0. The smallest absolute Gasteiger partial charge is 0.127 e. The molecule has 0 amide bonds. The SMILES string of the molecule is CCC(C)Oc1cc(OC)ccc1CN. The van der Waals surface area contributed by atoms with Gasteiger partial charge in [0.15, 0.2) is 0 Å². The number of benzene rings is 1. The maximum absolute atomic E-state index is 5.77. The molecule has 0 saturated heterocycles. The van der Waals surface area contributed by atoms with Crippen molar-refractivity contribution in [3.8, 4) is 11.5 Å². The van der Waals surface area contributed by atoms with Crippen molar-refractivity contribution in [1.82, 2.24) is 0 Å². The van der Waals surface area contributed by atoms with Crippen LogP contribution in [0.4, 0.5) is 0 Å². The highest BCUT2D eigenvalue weighted by Crippen LogP contribution is 2.25. The first-order valence-corrected chi connectivity index (χ1v) is 5.24. The minimum Gasteiger partial charge on any atom is -0.497 e. The summed E-state index contributed by atoms with van der Waals surface area (Å²) in [7, 11) is 1.64. The molecule has 0 aromatic heterocycles. The molecule has 84 valence electrons. The van der Waals surface area contributed by atoms with Crippen molar-refractivity contribution >= 4 is 0 Å². The molecule has 1 aromatic carbocycles. The van der Waals surface area contributed by atoms with E-state index >= 15 is 0 Å². The van der Waals surface area contributed by atoms with E-state index in [-0.39, 0.29) is 6.10 Å². The second-order valence-corrected chi connectivity index (χ2v) is 3.51. The summed E-state index contributed by atoms with van der Waals surface area (Å²) in [6.45, 7) is 4.61. The summed E-state index contributed by atoms with van der Waals surface area (Å²) < 4.78 is 10.9. The Morgan fingerprint density at radius 3 is 2.67 bits per heavy atom. The maximum atomic E-state index is 5.77. The Kier molecular flexibility index (Phi) is 4.43. The van der Waals surface area contributed by atoms with Gasteiger partial charge in [-0.25, -0.2) is 0 Å². The summed E-state index contributed by atoms with van der Waals surface area (Å²) in [5.41, 5.74) is 6.65. The van der Waals surface area contributed by atoms with Crippen molar-refractivity contribution in [3.05, 3.63) is 23.8 Å². The molecule has 0 saturated carbocycles. The highest BCUT2D eigenvalue weighted by molar-refractivity contribution is 5.40. The molecular weight excluding hydrogens is 190 g/mol. The van der Waals surface area contributed by atoms with Crippen LogP contribution in [0.2, 0.25) is 0 Å². The van der Waals surface area contributed by atoms with Crippen molar-refractivity contribution in [3.63, 3.8) is 0 Å². The minimum absolute atomic E-state index is 0.197. The van der Waals surface area contributed by atoms with Crippen molar-refractivity contribution in [2.75, 3.05) is 7.11 Å². The third-order valence-electron chi connectivity index (χ3n) is 2.40. The zero-order valence-electron chi connectivity index (χ0n) is 9.62. The fourth-order valence-electron chi connectivity index (χ4n) is 1.24. The zero-order chi connectivity index (χ0) is 11.3. The van der Waals surface area contributed by atoms with E-state index in [0.717, 1.165) is 23.5 Å². The minimum atomic E-state index is 0.197. The summed E-state index contributed by atoms with van der Waals surface area (Å²) in [6.07, 6.45) is 1.17. The normalized spacial score (nSPS) is 12.3. The number of hydrogen-bond acceptors (Lipinski definition) is 3. The largest absolute Gasteiger partial charge is 0.497 e. The van der Waals surface area contributed by atoms with Gasteiger partial charge in [-0.1, -0.05) is 13.0 Å². The average Bonchev–Trinajstić information content (AvgIpc) is 2.28. The molecule has 1 rings (SSSR count). The topological polar surface area (TPSA) is 44.5 Å². The van der Waals surface area contributed by atoms with Gasteiger partial charge in [0.25, 0.3) is 0 Å². The third kappa shape index (κ3) is 3.13. The maximum Gasteiger partial charge on any atom is 0.127 e. The third-order valence-corrected chi connectivity index (χ3v) is 2.40. The molecule has 0 aliphatic carbocycles. The molecule has 1 atom stereocenters. The van der Waals surface area contributed by atoms with E-state index in [9.17, 15) is 0 Å². The second-order valence-electron chi connectivity index (χ2n) is 3.51. The molecule has 15 heavy (non-hydrogen) atoms. The van der Waals surface area contributed by atoms with E-state index in [1.807, 2.05) is 25.1 Å². The average molecular weight is 209 g/mol. The van der Waals surface area contributed by atoms with Crippen LogP contribution in [0, 0.1) is 0 Å². The molecular formula is C12H19NO2. The lowest BCUT2D eigenvalue weighted by Crippen LogP contribution is -2.12. The Bertz CT molecular complexity index is 312.